The van der Waals surface area contributed by atoms with Gasteiger partial charge >= 0.3 is 11.8 Å². The van der Waals surface area contributed by atoms with Crippen LogP contribution in [0.5, 0.6) is 17.2 Å². The summed E-state index contributed by atoms with van der Waals surface area (Å²) >= 11 is 0. The van der Waals surface area contributed by atoms with Gasteiger partial charge in [0.1, 0.15) is 23.9 Å². The molecular formula is C29H27N3O5. The van der Waals surface area contributed by atoms with Crippen LogP contribution in [0.1, 0.15) is 18.1 Å². The summed E-state index contributed by atoms with van der Waals surface area (Å²) in [6.45, 7) is 2.17. The van der Waals surface area contributed by atoms with Crippen molar-refractivity contribution in [2.45, 2.75) is 13.5 Å². The number of nitrogens with zero attached hydrogens (tertiary/aromatic N) is 1. The molecule has 0 atom stereocenters. The highest BCUT2D eigenvalue weighted by Gasteiger charge is 2.16. The Balaban J connectivity index is 1.34. The van der Waals surface area contributed by atoms with Crippen LogP contribution >= 0.6 is 0 Å². The molecule has 8 nitrogen and oxygen atoms in total. The SMILES string of the molecule is COc1ccc(OC)c(NC(=O)C(=O)N/N=C(\C)c2ccc(OCc3cccc4ccccc34)cc2)c1. The van der Waals surface area contributed by atoms with Crippen LogP contribution in [-0.4, -0.2) is 31.7 Å². The van der Waals surface area contributed by atoms with Gasteiger partial charge in [-0.1, -0.05) is 42.5 Å². The zero-order valence-electron chi connectivity index (χ0n) is 20.8. The summed E-state index contributed by atoms with van der Waals surface area (Å²) in [5.41, 5.74) is 4.99. The number of methoxy groups -OCH3 is 2. The maximum atomic E-state index is 12.3. The Bertz CT molecular complexity index is 1440. The first-order chi connectivity index (χ1) is 18.0. The Morgan fingerprint density at radius 1 is 0.811 bits per heavy atom. The van der Waals surface area contributed by atoms with Gasteiger partial charge in [-0.2, -0.15) is 5.10 Å². The summed E-state index contributed by atoms with van der Waals surface area (Å²) in [5, 5.41) is 8.89. The maximum absolute atomic E-state index is 12.3. The molecule has 4 rings (SSSR count). The highest BCUT2D eigenvalue weighted by atomic mass is 16.5. The lowest BCUT2D eigenvalue weighted by Crippen LogP contribution is -2.33. The Kier molecular flexibility index (Phi) is 8.00. The zero-order valence-corrected chi connectivity index (χ0v) is 20.8. The minimum absolute atomic E-state index is 0.307. The van der Waals surface area contributed by atoms with Gasteiger partial charge in [0, 0.05) is 6.07 Å². The molecule has 0 aliphatic heterocycles. The molecule has 188 valence electrons. The molecule has 0 unspecified atom stereocenters. The van der Waals surface area contributed by atoms with Crippen LogP contribution in [0.3, 0.4) is 0 Å². The van der Waals surface area contributed by atoms with Gasteiger partial charge in [-0.25, -0.2) is 5.43 Å². The van der Waals surface area contributed by atoms with Crippen LogP contribution in [0, 0.1) is 0 Å². The second-order valence-electron chi connectivity index (χ2n) is 8.11. The molecule has 0 spiro atoms. The molecule has 37 heavy (non-hydrogen) atoms. The first-order valence-electron chi connectivity index (χ1n) is 11.6. The van der Waals surface area contributed by atoms with Crippen molar-refractivity contribution >= 4 is 34.0 Å². The average Bonchev–Trinajstić information content (AvgIpc) is 2.94. The predicted octanol–water partition coefficient (Wildman–Crippen LogP) is 4.91. The lowest BCUT2D eigenvalue weighted by Gasteiger charge is -2.11. The fourth-order valence-electron chi connectivity index (χ4n) is 3.71. The predicted molar refractivity (Wildman–Crippen MR) is 143 cm³/mol. The molecule has 0 aliphatic carbocycles. The molecule has 0 bridgehead atoms. The number of ether oxygens (including phenoxy) is 3. The van der Waals surface area contributed by atoms with E-state index < -0.39 is 11.8 Å². The standard InChI is InChI=1S/C29H27N3O5/c1-19(31-32-29(34)28(33)30-26-17-24(35-2)15-16-27(26)36-3)20-11-13-23(14-12-20)37-18-22-9-6-8-21-7-4-5-10-25(21)22/h4-17H,18H2,1-3H3,(H,30,33)(H,32,34)/b31-19+. The van der Waals surface area contributed by atoms with Crippen molar-refractivity contribution in [2.75, 3.05) is 19.5 Å². The van der Waals surface area contributed by atoms with Gasteiger partial charge in [0.05, 0.1) is 25.6 Å². The summed E-state index contributed by atoms with van der Waals surface area (Å²) in [4.78, 5) is 24.6. The fourth-order valence-corrected chi connectivity index (χ4v) is 3.71. The lowest BCUT2D eigenvalue weighted by atomic mass is 10.1. The first kappa shape index (κ1) is 25.2. The number of benzene rings is 4. The van der Waals surface area contributed by atoms with Crippen molar-refractivity contribution < 1.29 is 23.8 Å². The highest BCUT2D eigenvalue weighted by molar-refractivity contribution is 6.39. The number of fused-ring (bicyclic) bond motifs is 1. The molecule has 0 saturated carbocycles. The van der Waals surface area contributed by atoms with Crippen molar-refractivity contribution in [3.05, 3.63) is 96.1 Å². The minimum atomic E-state index is -0.917. The number of nitrogens with one attached hydrogen (secondary N) is 2. The maximum Gasteiger partial charge on any atom is 0.329 e. The smallest absolute Gasteiger partial charge is 0.329 e. The van der Waals surface area contributed by atoms with Crippen LogP contribution < -0.4 is 25.0 Å². The number of hydrogen-bond donors (Lipinski definition) is 2. The van der Waals surface area contributed by atoms with E-state index in [-0.39, 0.29) is 0 Å². The molecule has 0 heterocycles. The summed E-state index contributed by atoms with van der Waals surface area (Å²) in [6, 6.07) is 26.6. The number of carbonyl (C=O) groups excluding carboxylic acids is 2. The van der Waals surface area contributed by atoms with Crippen molar-refractivity contribution in [3.63, 3.8) is 0 Å². The Morgan fingerprint density at radius 3 is 2.30 bits per heavy atom. The Hall–Kier alpha value is -4.85. The van der Waals surface area contributed by atoms with Gasteiger partial charge in [-0.3, -0.25) is 9.59 Å². The highest BCUT2D eigenvalue weighted by Crippen LogP contribution is 2.28. The van der Waals surface area contributed by atoms with Crippen molar-refractivity contribution in [2.24, 2.45) is 5.10 Å². The molecule has 4 aromatic rings. The monoisotopic (exact) mass is 497 g/mol. The summed E-state index contributed by atoms with van der Waals surface area (Å²) in [7, 11) is 2.96. The largest absolute Gasteiger partial charge is 0.497 e. The normalized spacial score (nSPS) is 11.1. The van der Waals surface area contributed by atoms with E-state index >= 15 is 0 Å². The van der Waals surface area contributed by atoms with Crippen LogP contribution in [0.2, 0.25) is 0 Å². The van der Waals surface area contributed by atoms with E-state index in [0.717, 1.165) is 16.5 Å². The van der Waals surface area contributed by atoms with Crippen molar-refractivity contribution in [1.82, 2.24) is 5.43 Å². The Labute approximate surface area is 214 Å². The van der Waals surface area contributed by atoms with Crippen LogP contribution in [0.15, 0.2) is 90.0 Å². The van der Waals surface area contributed by atoms with E-state index in [2.05, 4.69) is 40.1 Å². The summed E-state index contributed by atoms with van der Waals surface area (Å²) < 4.78 is 16.3. The Morgan fingerprint density at radius 2 is 1.54 bits per heavy atom. The van der Waals surface area contributed by atoms with Gasteiger partial charge in [-0.05, 0) is 65.2 Å². The number of anilines is 1. The molecule has 2 N–H and O–H groups in total. The third-order valence-electron chi connectivity index (χ3n) is 5.73. The molecule has 8 heteroatoms. The number of carbonyl (C=O) groups is 2. The lowest BCUT2D eigenvalue weighted by molar-refractivity contribution is -0.136. The first-order valence-corrected chi connectivity index (χ1v) is 11.6. The van der Waals surface area contributed by atoms with Gasteiger partial charge in [0.2, 0.25) is 0 Å². The molecule has 2 amide bonds. The van der Waals surface area contributed by atoms with Gasteiger partial charge in [-0.15, -0.1) is 0 Å². The quantitative estimate of drug-likeness (QED) is 0.205. The minimum Gasteiger partial charge on any atom is -0.497 e. The van der Waals surface area contributed by atoms with Crippen LogP contribution in [0.4, 0.5) is 5.69 Å². The van der Waals surface area contributed by atoms with E-state index in [1.807, 2.05) is 42.5 Å². The van der Waals surface area contributed by atoms with E-state index in [4.69, 9.17) is 14.2 Å². The summed E-state index contributed by atoms with van der Waals surface area (Å²) in [5.74, 6) is -0.195. The molecule has 0 aromatic heterocycles. The molecule has 4 aromatic carbocycles. The van der Waals surface area contributed by atoms with Gasteiger partial charge < -0.3 is 19.5 Å². The van der Waals surface area contributed by atoms with Crippen LogP contribution in [0.25, 0.3) is 10.8 Å². The molecular weight excluding hydrogens is 470 g/mol. The van der Waals surface area contributed by atoms with E-state index in [1.165, 1.54) is 19.6 Å². The number of hydrazone groups is 1. The molecule has 0 aliphatic rings. The third kappa shape index (κ3) is 6.24. The number of hydrogen-bond acceptors (Lipinski definition) is 6. The van der Waals surface area contributed by atoms with E-state index in [0.29, 0.717) is 35.3 Å². The average molecular weight is 498 g/mol. The van der Waals surface area contributed by atoms with Crippen LogP contribution in [-0.2, 0) is 16.2 Å². The number of amides is 2. The topological polar surface area (TPSA) is 98.2 Å². The third-order valence-corrected chi connectivity index (χ3v) is 5.73. The zero-order chi connectivity index (χ0) is 26.2. The van der Waals surface area contributed by atoms with Crippen molar-refractivity contribution in [1.29, 1.82) is 0 Å². The van der Waals surface area contributed by atoms with Gasteiger partial charge in [0.25, 0.3) is 0 Å². The van der Waals surface area contributed by atoms with Gasteiger partial charge in [0.15, 0.2) is 0 Å². The molecule has 0 radical (unpaired) electrons. The second kappa shape index (κ2) is 11.7. The fraction of sp³-hybridized carbons (Fsp3) is 0.138. The second-order valence-corrected chi connectivity index (χ2v) is 8.11. The molecule has 0 fully saturated rings. The number of rotatable bonds is 8. The molecule has 0 saturated heterocycles. The summed E-state index contributed by atoms with van der Waals surface area (Å²) in [6.07, 6.45) is 0. The van der Waals surface area contributed by atoms with E-state index in [9.17, 15) is 9.59 Å². The van der Waals surface area contributed by atoms with Crippen molar-refractivity contribution in [3.8, 4) is 17.2 Å². The van der Waals surface area contributed by atoms with E-state index in [1.54, 1.807) is 25.1 Å².